The molecule has 0 aliphatic carbocycles. The Labute approximate surface area is 113 Å². The molecule has 106 valence electrons. The molecule has 1 amide bonds. The van der Waals surface area contributed by atoms with Crippen molar-refractivity contribution in [1.82, 2.24) is 15.2 Å². The van der Waals surface area contributed by atoms with E-state index in [9.17, 15) is 9.18 Å². The number of amides is 1. The van der Waals surface area contributed by atoms with Crippen LogP contribution in [0.1, 0.15) is 30.6 Å². The van der Waals surface area contributed by atoms with E-state index in [0.29, 0.717) is 19.1 Å². The summed E-state index contributed by atoms with van der Waals surface area (Å²) in [6, 6.07) is 1.77. The maximum atomic E-state index is 13.6. The van der Waals surface area contributed by atoms with E-state index in [0.717, 1.165) is 6.42 Å². The van der Waals surface area contributed by atoms with Gasteiger partial charge in [0.2, 0.25) is 0 Å². The van der Waals surface area contributed by atoms with Crippen LogP contribution in [-0.2, 0) is 0 Å². The molecule has 1 atom stereocenters. The number of halogens is 1. The van der Waals surface area contributed by atoms with Gasteiger partial charge in [-0.05, 0) is 26.5 Å². The SMILES string of the molecule is CCC(C)N(C)CCNC(=O)c1ccnc(N)c1F. The van der Waals surface area contributed by atoms with Crippen LogP contribution in [0.2, 0.25) is 0 Å². The monoisotopic (exact) mass is 268 g/mol. The van der Waals surface area contributed by atoms with E-state index < -0.39 is 11.7 Å². The van der Waals surface area contributed by atoms with Crippen molar-refractivity contribution < 1.29 is 9.18 Å². The lowest BCUT2D eigenvalue weighted by Gasteiger charge is -2.23. The largest absolute Gasteiger partial charge is 0.381 e. The van der Waals surface area contributed by atoms with E-state index in [1.807, 2.05) is 7.05 Å². The molecule has 0 fully saturated rings. The molecule has 0 spiro atoms. The van der Waals surface area contributed by atoms with Gasteiger partial charge in [-0.25, -0.2) is 9.37 Å². The normalized spacial score (nSPS) is 12.5. The van der Waals surface area contributed by atoms with Crippen LogP contribution in [0.3, 0.4) is 0 Å². The van der Waals surface area contributed by atoms with Crippen LogP contribution in [0.25, 0.3) is 0 Å². The van der Waals surface area contributed by atoms with Crippen molar-refractivity contribution in [3.8, 4) is 0 Å². The lowest BCUT2D eigenvalue weighted by atomic mass is 10.2. The molecule has 6 heteroatoms. The van der Waals surface area contributed by atoms with Gasteiger partial charge in [-0.1, -0.05) is 6.92 Å². The van der Waals surface area contributed by atoms with Crippen LogP contribution in [0.15, 0.2) is 12.3 Å². The zero-order valence-corrected chi connectivity index (χ0v) is 11.6. The van der Waals surface area contributed by atoms with Crippen molar-refractivity contribution in [1.29, 1.82) is 0 Å². The highest BCUT2D eigenvalue weighted by atomic mass is 19.1. The number of carbonyl (C=O) groups excluding carboxylic acids is 1. The zero-order valence-electron chi connectivity index (χ0n) is 11.6. The number of anilines is 1. The van der Waals surface area contributed by atoms with Gasteiger partial charge in [0, 0.05) is 25.3 Å². The quantitative estimate of drug-likeness (QED) is 0.815. The van der Waals surface area contributed by atoms with Crippen LogP contribution in [0, 0.1) is 5.82 Å². The maximum Gasteiger partial charge on any atom is 0.254 e. The number of carbonyl (C=O) groups is 1. The van der Waals surface area contributed by atoms with Gasteiger partial charge in [-0.3, -0.25) is 4.79 Å². The van der Waals surface area contributed by atoms with Gasteiger partial charge in [0.15, 0.2) is 11.6 Å². The summed E-state index contributed by atoms with van der Waals surface area (Å²) >= 11 is 0. The van der Waals surface area contributed by atoms with Crippen molar-refractivity contribution in [2.75, 3.05) is 25.9 Å². The van der Waals surface area contributed by atoms with Gasteiger partial charge in [-0.15, -0.1) is 0 Å². The molecule has 0 radical (unpaired) electrons. The lowest BCUT2D eigenvalue weighted by Crippen LogP contribution is -2.37. The van der Waals surface area contributed by atoms with Crippen LogP contribution >= 0.6 is 0 Å². The summed E-state index contributed by atoms with van der Waals surface area (Å²) in [5.41, 5.74) is 5.25. The molecular formula is C13H21FN4O. The smallest absolute Gasteiger partial charge is 0.254 e. The van der Waals surface area contributed by atoms with E-state index in [4.69, 9.17) is 5.73 Å². The number of nitrogen functional groups attached to an aromatic ring is 1. The first-order valence-electron chi connectivity index (χ1n) is 6.35. The van der Waals surface area contributed by atoms with Crippen LogP contribution in [-0.4, -0.2) is 42.0 Å². The van der Waals surface area contributed by atoms with Crippen molar-refractivity contribution in [3.63, 3.8) is 0 Å². The first kappa shape index (κ1) is 15.4. The second-order valence-corrected chi connectivity index (χ2v) is 4.55. The summed E-state index contributed by atoms with van der Waals surface area (Å²) in [5.74, 6) is -1.50. The average molecular weight is 268 g/mol. The van der Waals surface area contributed by atoms with E-state index in [1.165, 1.54) is 12.3 Å². The van der Waals surface area contributed by atoms with Crippen LogP contribution in [0.5, 0.6) is 0 Å². The van der Waals surface area contributed by atoms with E-state index in [2.05, 4.69) is 29.0 Å². The molecule has 1 unspecified atom stereocenters. The van der Waals surface area contributed by atoms with Gasteiger partial charge in [-0.2, -0.15) is 0 Å². The fourth-order valence-electron chi connectivity index (χ4n) is 1.61. The Hall–Kier alpha value is -1.69. The predicted molar refractivity (Wildman–Crippen MR) is 73.3 cm³/mol. The Morgan fingerprint density at radius 2 is 2.32 bits per heavy atom. The predicted octanol–water partition coefficient (Wildman–Crippen LogP) is 1.26. The third-order valence-corrected chi connectivity index (χ3v) is 3.25. The van der Waals surface area contributed by atoms with Crippen molar-refractivity contribution in [2.45, 2.75) is 26.3 Å². The van der Waals surface area contributed by atoms with Gasteiger partial charge in [0.25, 0.3) is 5.91 Å². The third-order valence-electron chi connectivity index (χ3n) is 3.25. The van der Waals surface area contributed by atoms with E-state index in [1.54, 1.807) is 0 Å². The summed E-state index contributed by atoms with van der Waals surface area (Å²) in [6.07, 6.45) is 2.36. The van der Waals surface area contributed by atoms with Crippen LogP contribution < -0.4 is 11.1 Å². The number of likely N-dealkylation sites (N-methyl/N-ethyl adjacent to an activating group) is 1. The zero-order chi connectivity index (χ0) is 14.4. The number of nitrogens with zero attached hydrogens (tertiary/aromatic N) is 2. The topological polar surface area (TPSA) is 71.2 Å². The molecule has 5 nitrogen and oxygen atoms in total. The number of pyridine rings is 1. The summed E-state index contributed by atoms with van der Waals surface area (Å²) in [6.45, 7) is 5.39. The van der Waals surface area contributed by atoms with Gasteiger partial charge >= 0.3 is 0 Å². The molecule has 0 aromatic carbocycles. The molecule has 1 rings (SSSR count). The van der Waals surface area contributed by atoms with Crippen molar-refractivity contribution in [2.24, 2.45) is 0 Å². The Balaban J connectivity index is 2.50. The number of rotatable bonds is 6. The molecule has 1 aromatic rings. The summed E-state index contributed by atoms with van der Waals surface area (Å²) < 4.78 is 13.6. The number of hydrogen-bond donors (Lipinski definition) is 2. The average Bonchev–Trinajstić information content (AvgIpc) is 2.40. The lowest BCUT2D eigenvalue weighted by molar-refractivity contribution is 0.0943. The minimum Gasteiger partial charge on any atom is -0.381 e. The molecule has 1 aromatic heterocycles. The highest BCUT2D eigenvalue weighted by Crippen LogP contribution is 2.11. The van der Waals surface area contributed by atoms with Gasteiger partial charge < -0.3 is 16.0 Å². The molecule has 1 heterocycles. The van der Waals surface area contributed by atoms with Gasteiger partial charge in [0.05, 0.1) is 5.56 Å². The highest BCUT2D eigenvalue weighted by molar-refractivity contribution is 5.95. The molecule has 0 aliphatic heterocycles. The molecule has 0 bridgehead atoms. The standard InChI is InChI=1S/C13H21FN4O/c1-4-9(2)18(3)8-7-17-13(19)10-5-6-16-12(15)11(10)14/h5-6,9H,4,7-8H2,1-3H3,(H2,15,16)(H,17,19). The number of nitrogens with one attached hydrogen (secondary N) is 1. The van der Waals surface area contributed by atoms with Crippen molar-refractivity contribution >= 4 is 11.7 Å². The molecule has 3 N–H and O–H groups in total. The first-order valence-corrected chi connectivity index (χ1v) is 6.35. The molecule has 19 heavy (non-hydrogen) atoms. The fourth-order valence-corrected chi connectivity index (χ4v) is 1.61. The number of hydrogen-bond acceptors (Lipinski definition) is 4. The van der Waals surface area contributed by atoms with E-state index in [-0.39, 0.29) is 11.4 Å². The number of aromatic nitrogens is 1. The minimum absolute atomic E-state index is 0.0707. The Morgan fingerprint density at radius 3 is 2.95 bits per heavy atom. The highest BCUT2D eigenvalue weighted by Gasteiger charge is 2.14. The fraction of sp³-hybridized carbons (Fsp3) is 0.538. The summed E-state index contributed by atoms with van der Waals surface area (Å²) in [7, 11) is 1.99. The molecule has 0 saturated heterocycles. The third kappa shape index (κ3) is 4.17. The number of nitrogens with two attached hydrogens (primary N) is 1. The second kappa shape index (κ2) is 7.04. The molecule has 0 saturated carbocycles. The Kier molecular flexibility index (Phi) is 5.69. The van der Waals surface area contributed by atoms with Crippen LogP contribution in [0.4, 0.5) is 10.2 Å². The molecular weight excluding hydrogens is 247 g/mol. The Morgan fingerprint density at radius 1 is 1.63 bits per heavy atom. The maximum absolute atomic E-state index is 13.6. The minimum atomic E-state index is -0.768. The van der Waals surface area contributed by atoms with E-state index >= 15 is 0 Å². The van der Waals surface area contributed by atoms with Gasteiger partial charge in [0.1, 0.15) is 0 Å². The second-order valence-electron chi connectivity index (χ2n) is 4.55. The summed E-state index contributed by atoms with van der Waals surface area (Å²) in [5, 5.41) is 2.67. The Bertz CT molecular complexity index is 439. The molecule has 0 aliphatic rings. The summed E-state index contributed by atoms with van der Waals surface area (Å²) in [4.78, 5) is 17.5. The first-order chi connectivity index (χ1) is 8.97. The van der Waals surface area contributed by atoms with Crippen molar-refractivity contribution in [3.05, 3.63) is 23.6 Å².